The third-order valence-electron chi connectivity index (χ3n) is 3.41. The number of anilines is 1. The predicted molar refractivity (Wildman–Crippen MR) is 98.2 cm³/mol. The van der Waals surface area contributed by atoms with Crippen LogP contribution in [0.4, 0.5) is 5.69 Å². The van der Waals surface area contributed by atoms with Crippen molar-refractivity contribution in [2.45, 2.75) is 6.42 Å². The molecule has 0 radical (unpaired) electrons. The Hall–Kier alpha value is -1.40. The van der Waals surface area contributed by atoms with Crippen LogP contribution >= 0.6 is 23.5 Å². The zero-order valence-corrected chi connectivity index (χ0v) is 14.8. The van der Waals surface area contributed by atoms with Crippen LogP contribution in [0.15, 0.2) is 42.0 Å². The molecule has 23 heavy (non-hydrogen) atoms. The highest BCUT2D eigenvalue weighted by molar-refractivity contribution is 8.00. The lowest BCUT2D eigenvalue weighted by Gasteiger charge is -2.23. The molecule has 0 fully saturated rings. The molecule has 0 saturated heterocycles. The van der Waals surface area contributed by atoms with Gasteiger partial charge in [-0.15, -0.1) is 0 Å². The molecule has 0 spiro atoms. The number of nitrogens with zero attached hydrogens (tertiary/aromatic N) is 1. The Kier molecular flexibility index (Phi) is 7.55. The van der Waals surface area contributed by atoms with E-state index in [0.29, 0.717) is 24.5 Å². The summed E-state index contributed by atoms with van der Waals surface area (Å²) in [6, 6.07) is 9.75. The SMILES string of the molecule is COC(=O)CCSCC(=O)N(CC1=CCSC1)c1ccccc1. The fraction of sp³-hybridized carbons (Fsp3) is 0.412. The summed E-state index contributed by atoms with van der Waals surface area (Å²) in [7, 11) is 1.38. The number of hydrogen-bond donors (Lipinski definition) is 0. The summed E-state index contributed by atoms with van der Waals surface area (Å²) in [6.07, 6.45) is 2.54. The Balaban J connectivity index is 1.93. The topological polar surface area (TPSA) is 46.6 Å². The van der Waals surface area contributed by atoms with E-state index in [1.807, 2.05) is 47.0 Å². The van der Waals surface area contributed by atoms with E-state index < -0.39 is 0 Å². The lowest BCUT2D eigenvalue weighted by atomic mass is 10.2. The molecule has 1 amide bonds. The number of benzene rings is 1. The number of carbonyl (C=O) groups is 2. The van der Waals surface area contributed by atoms with Gasteiger partial charge in [0.2, 0.25) is 5.91 Å². The Morgan fingerprint density at radius 3 is 2.74 bits per heavy atom. The standard InChI is InChI=1S/C17H21NO3S2/c1-21-17(20)8-10-23-13-16(19)18(11-14-7-9-22-12-14)15-5-3-2-4-6-15/h2-7H,8-13H2,1H3. The van der Waals surface area contributed by atoms with Crippen molar-refractivity contribution in [2.24, 2.45) is 0 Å². The van der Waals surface area contributed by atoms with Crippen LogP contribution in [0.5, 0.6) is 0 Å². The van der Waals surface area contributed by atoms with Crippen molar-refractivity contribution in [3.8, 4) is 0 Å². The summed E-state index contributed by atoms with van der Waals surface area (Å²) in [5.74, 6) is 2.82. The fourth-order valence-corrected chi connectivity index (χ4v) is 3.89. The van der Waals surface area contributed by atoms with E-state index in [2.05, 4.69) is 10.8 Å². The Morgan fingerprint density at radius 2 is 2.09 bits per heavy atom. The number of para-hydroxylation sites is 1. The van der Waals surface area contributed by atoms with E-state index in [-0.39, 0.29) is 11.9 Å². The molecule has 2 rings (SSSR count). The van der Waals surface area contributed by atoms with Crippen LogP contribution < -0.4 is 4.90 Å². The number of thioether (sulfide) groups is 2. The van der Waals surface area contributed by atoms with E-state index in [1.54, 1.807) is 0 Å². The van der Waals surface area contributed by atoms with Gasteiger partial charge < -0.3 is 9.64 Å². The average molecular weight is 351 g/mol. The molecule has 1 heterocycles. The smallest absolute Gasteiger partial charge is 0.306 e. The molecule has 1 aromatic rings. The zero-order chi connectivity index (χ0) is 16.5. The molecule has 0 aliphatic carbocycles. The van der Waals surface area contributed by atoms with E-state index in [9.17, 15) is 9.59 Å². The number of hydrogen-bond acceptors (Lipinski definition) is 5. The maximum absolute atomic E-state index is 12.6. The first kappa shape index (κ1) is 17.9. The molecule has 1 aliphatic rings. The lowest BCUT2D eigenvalue weighted by molar-refractivity contribution is -0.140. The summed E-state index contributed by atoms with van der Waals surface area (Å²) in [5, 5.41) is 0. The van der Waals surface area contributed by atoms with E-state index >= 15 is 0 Å². The third-order valence-corrected chi connectivity index (χ3v) is 5.33. The van der Waals surface area contributed by atoms with E-state index in [1.165, 1.54) is 24.4 Å². The van der Waals surface area contributed by atoms with Crippen LogP contribution in [0.2, 0.25) is 0 Å². The second-order valence-electron chi connectivity index (χ2n) is 5.07. The van der Waals surface area contributed by atoms with Crippen LogP contribution in [0.25, 0.3) is 0 Å². The van der Waals surface area contributed by atoms with Gasteiger partial charge in [-0.2, -0.15) is 23.5 Å². The zero-order valence-electron chi connectivity index (χ0n) is 13.2. The van der Waals surface area contributed by atoms with Gasteiger partial charge in [-0.05, 0) is 17.7 Å². The molecular weight excluding hydrogens is 330 g/mol. The van der Waals surface area contributed by atoms with Crippen LogP contribution in [-0.4, -0.2) is 48.5 Å². The minimum Gasteiger partial charge on any atom is -0.469 e. The summed E-state index contributed by atoms with van der Waals surface area (Å²) < 4.78 is 4.61. The van der Waals surface area contributed by atoms with Gasteiger partial charge in [-0.3, -0.25) is 9.59 Å². The maximum atomic E-state index is 12.6. The fourth-order valence-electron chi connectivity index (χ4n) is 2.17. The third kappa shape index (κ3) is 5.95. The van der Waals surface area contributed by atoms with Gasteiger partial charge >= 0.3 is 5.97 Å². The highest BCUT2D eigenvalue weighted by atomic mass is 32.2. The minimum atomic E-state index is -0.238. The van der Waals surface area contributed by atoms with Crippen molar-refractivity contribution >= 4 is 41.1 Å². The predicted octanol–water partition coefficient (Wildman–Crippen LogP) is 2.99. The van der Waals surface area contributed by atoms with Crippen LogP contribution in [0.1, 0.15) is 6.42 Å². The highest BCUT2D eigenvalue weighted by Crippen LogP contribution is 2.22. The lowest BCUT2D eigenvalue weighted by Crippen LogP contribution is -2.34. The maximum Gasteiger partial charge on any atom is 0.306 e. The van der Waals surface area contributed by atoms with Gasteiger partial charge in [0.1, 0.15) is 0 Å². The summed E-state index contributed by atoms with van der Waals surface area (Å²) in [5.41, 5.74) is 2.22. The second-order valence-corrected chi connectivity index (χ2v) is 7.21. The second kappa shape index (κ2) is 9.67. The Bertz CT molecular complexity index is 560. The number of carbonyl (C=O) groups excluding carboxylic acids is 2. The molecule has 4 nitrogen and oxygen atoms in total. The molecule has 6 heteroatoms. The number of esters is 1. The number of rotatable bonds is 8. The van der Waals surface area contributed by atoms with Crippen molar-refractivity contribution in [2.75, 3.05) is 41.6 Å². The number of ether oxygens (including phenoxy) is 1. The largest absolute Gasteiger partial charge is 0.469 e. The van der Waals surface area contributed by atoms with Gasteiger partial charge in [-0.1, -0.05) is 24.3 Å². The van der Waals surface area contributed by atoms with E-state index in [4.69, 9.17) is 0 Å². The highest BCUT2D eigenvalue weighted by Gasteiger charge is 2.18. The van der Waals surface area contributed by atoms with Crippen molar-refractivity contribution < 1.29 is 14.3 Å². The van der Waals surface area contributed by atoms with Crippen molar-refractivity contribution in [3.05, 3.63) is 42.0 Å². The minimum absolute atomic E-state index is 0.0730. The summed E-state index contributed by atoms with van der Waals surface area (Å²) in [4.78, 5) is 25.5. The quantitative estimate of drug-likeness (QED) is 0.409. The molecule has 0 atom stereocenters. The molecule has 124 valence electrons. The molecular formula is C17H21NO3S2. The summed E-state index contributed by atoms with van der Waals surface area (Å²) in [6.45, 7) is 0.646. The number of methoxy groups -OCH3 is 1. The van der Waals surface area contributed by atoms with Crippen LogP contribution in [0.3, 0.4) is 0 Å². The molecule has 1 aliphatic heterocycles. The van der Waals surface area contributed by atoms with Gasteiger partial charge in [0.25, 0.3) is 0 Å². The van der Waals surface area contributed by atoms with Crippen molar-refractivity contribution in [3.63, 3.8) is 0 Å². The normalized spacial score (nSPS) is 13.5. The van der Waals surface area contributed by atoms with Crippen LogP contribution in [-0.2, 0) is 14.3 Å². The first-order chi connectivity index (χ1) is 11.2. The first-order valence-corrected chi connectivity index (χ1v) is 9.77. The molecule has 0 aromatic heterocycles. The average Bonchev–Trinajstić information content (AvgIpc) is 3.10. The van der Waals surface area contributed by atoms with E-state index in [0.717, 1.165) is 17.2 Å². The molecule has 0 saturated carbocycles. The van der Waals surface area contributed by atoms with Crippen LogP contribution in [0, 0.1) is 0 Å². The summed E-state index contributed by atoms with van der Waals surface area (Å²) >= 11 is 3.34. The van der Waals surface area contributed by atoms with Crippen molar-refractivity contribution in [1.29, 1.82) is 0 Å². The first-order valence-electron chi connectivity index (χ1n) is 7.46. The molecule has 0 unspecified atom stereocenters. The van der Waals surface area contributed by atoms with Gasteiger partial charge in [-0.25, -0.2) is 0 Å². The molecule has 0 N–H and O–H groups in total. The van der Waals surface area contributed by atoms with Gasteiger partial charge in [0.15, 0.2) is 0 Å². The van der Waals surface area contributed by atoms with Crippen molar-refractivity contribution in [1.82, 2.24) is 0 Å². The van der Waals surface area contributed by atoms with Gasteiger partial charge in [0.05, 0.1) is 19.3 Å². The Labute approximate surface area is 145 Å². The Morgan fingerprint density at radius 1 is 1.30 bits per heavy atom. The van der Waals surface area contributed by atoms with Gasteiger partial charge in [0, 0.05) is 29.5 Å². The monoisotopic (exact) mass is 351 g/mol. The molecule has 1 aromatic carbocycles. The number of amides is 1. The molecule has 0 bridgehead atoms.